The van der Waals surface area contributed by atoms with Crippen LogP contribution in [0.3, 0.4) is 0 Å². The van der Waals surface area contributed by atoms with Crippen molar-refractivity contribution in [3.05, 3.63) is 66.0 Å². The van der Waals surface area contributed by atoms with Crippen molar-refractivity contribution in [1.82, 2.24) is 9.80 Å². The van der Waals surface area contributed by atoms with Gasteiger partial charge in [0.25, 0.3) is 0 Å². The molecule has 1 saturated heterocycles. The number of likely N-dealkylation sites (N-methyl/N-ethyl adjacent to an activating group) is 1. The topological polar surface area (TPSA) is 57.7 Å². The molecule has 1 fully saturated rings. The third kappa shape index (κ3) is 4.73. The number of piperazine rings is 1. The Bertz CT molecular complexity index is 885. The molecule has 0 N–H and O–H groups in total. The van der Waals surface area contributed by atoms with E-state index in [2.05, 4.69) is 4.90 Å². The van der Waals surface area contributed by atoms with Gasteiger partial charge in [0, 0.05) is 26.1 Å². The highest BCUT2D eigenvalue weighted by molar-refractivity contribution is 7.91. The second-order valence-electron chi connectivity index (χ2n) is 6.77. The van der Waals surface area contributed by atoms with Gasteiger partial charge in [-0.2, -0.15) is 0 Å². The van der Waals surface area contributed by atoms with Crippen molar-refractivity contribution in [2.45, 2.75) is 17.4 Å². The molecular weight excluding hydrogens is 367 g/mol. The quantitative estimate of drug-likeness (QED) is 0.787. The van der Waals surface area contributed by atoms with Gasteiger partial charge in [-0.15, -0.1) is 0 Å². The highest BCUT2D eigenvalue weighted by atomic mass is 32.2. The number of halogens is 1. The van der Waals surface area contributed by atoms with Gasteiger partial charge < -0.3 is 4.90 Å². The zero-order chi connectivity index (χ0) is 19.4. The number of hydrogen-bond acceptors (Lipinski definition) is 4. The molecule has 3 rings (SSSR count). The summed E-state index contributed by atoms with van der Waals surface area (Å²) in [7, 11) is -1.51. The Morgan fingerprint density at radius 1 is 1.07 bits per heavy atom. The molecule has 0 radical (unpaired) electrons. The summed E-state index contributed by atoms with van der Waals surface area (Å²) < 4.78 is 37.9. The average molecular weight is 390 g/mol. The molecule has 0 aliphatic carbocycles. The number of nitrogens with zero attached hydrogens (tertiary/aromatic N) is 2. The van der Waals surface area contributed by atoms with Crippen LogP contribution in [0.25, 0.3) is 0 Å². The first kappa shape index (κ1) is 19.5. The maximum atomic E-state index is 13.2. The zero-order valence-electron chi connectivity index (χ0n) is 15.2. The molecule has 1 atom stereocenters. The summed E-state index contributed by atoms with van der Waals surface area (Å²) in [5, 5.41) is 0. The Labute approximate surface area is 159 Å². The van der Waals surface area contributed by atoms with E-state index in [0.29, 0.717) is 19.6 Å². The van der Waals surface area contributed by atoms with E-state index in [1.807, 2.05) is 7.05 Å². The first-order valence-corrected chi connectivity index (χ1v) is 10.5. The normalized spacial score (nSPS) is 18.4. The molecule has 5 nitrogen and oxygen atoms in total. The van der Waals surface area contributed by atoms with Gasteiger partial charge in [-0.05, 0) is 36.9 Å². The minimum atomic E-state index is -3.47. The first-order valence-electron chi connectivity index (χ1n) is 8.88. The monoisotopic (exact) mass is 390 g/mol. The van der Waals surface area contributed by atoms with E-state index in [0.717, 1.165) is 5.56 Å². The molecule has 1 amide bonds. The van der Waals surface area contributed by atoms with Crippen LogP contribution in [0.5, 0.6) is 0 Å². The van der Waals surface area contributed by atoms with E-state index in [1.165, 1.54) is 12.1 Å². The van der Waals surface area contributed by atoms with Crippen molar-refractivity contribution < 1.29 is 17.6 Å². The fraction of sp³-hybridized carbons (Fsp3) is 0.350. The molecule has 0 spiro atoms. The molecule has 0 saturated carbocycles. The van der Waals surface area contributed by atoms with E-state index in [9.17, 15) is 17.6 Å². The molecule has 7 heteroatoms. The SMILES string of the molecule is CN1CCN(C(=O)CCS(=O)(=O)c2ccccc2)CC1c1ccc(F)cc1. The fourth-order valence-electron chi connectivity index (χ4n) is 3.27. The van der Waals surface area contributed by atoms with Crippen LogP contribution in [-0.4, -0.2) is 56.6 Å². The molecule has 0 bridgehead atoms. The smallest absolute Gasteiger partial charge is 0.223 e. The van der Waals surface area contributed by atoms with Crippen LogP contribution in [0.1, 0.15) is 18.0 Å². The molecule has 27 heavy (non-hydrogen) atoms. The Hall–Kier alpha value is -2.25. The summed E-state index contributed by atoms with van der Waals surface area (Å²) in [5.74, 6) is -0.672. The van der Waals surface area contributed by atoms with Gasteiger partial charge in [0.15, 0.2) is 9.84 Å². The summed E-state index contributed by atoms with van der Waals surface area (Å²) in [6.07, 6.45) is -0.0446. The van der Waals surface area contributed by atoms with Crippen molar-refractivity contribution in [2.24, 2.45) is 0 Å². The third-order valence-electron chi connectivity index (χ3n) is 4.94. The molecule has 1 heterocycles. The van der Waals surface area contributed by atoms with Gasteiger partial charge in [0.2, 0.25) is 5.91 Å². The number of hydrogen-bond donors (Lipinski definition) is 0. The van der Waals surface area contributed by atoms with Gasteiger partial charge in [-0.25, -0.2) is 12.8 Å². The van der Waals surface area contributed by atoms with Gasteiger partial charge in [-0.1, -0.05) is 30.3 Å². The third-order valence-corrected chi connectivity index (χ3v) is 6.67. The van der Waals surface area contributed by atoms with E-state index >= 15 is 0 Å². The second-order valence-corrected chi connectivity index (χ2v) is 8.88. The van der Waals surface area contributed by atoms with Crippen LogP contribution in [0.2, 0.25) is 0 Å². The van der Waals surface area contributed by atoms with Crippen molar-refractivity contribution in [3.63, 3.8) is 0 Å². The van der Waals surface area contributed by atoms with Crippen LogP contribution in [0.15, 0.2) is 59.5 Å². The number of amides is 1. The van der Waals surface area contributed by atoms with Crippen molar-refractivity contribution in [3.8, 4) is 0 Å². The predicted octanol–water partition coefficient (Wildman–Crippen LogP) is 2.50. The van der Waals surface area contributed by atoms with E-state index in [1.54, 1.807) is 47.4 Å². The summed E-state index contributed by atoms with van der Waals surface area (Å²) in [6, 6.07) is 14.4. The fourth-order valence-corrected chi connectivity index (χ4v) is 4.52. The average Bonchev–Trinajstić information content (AvgIpc) is 2.68. The zero-order valence-corrected chi connectivity index (χ0v) is 16.0. The predicted molar refractivity (Wildman–Crippen MR) is 101 cm³/mol. The number of carbonyl (C=O) groups excluding carboxylic acids is 1. The maximum absolute atomic E-state index is 13.2. The van der Waals surface area contributed by atoms with Gasteiger partial charge in [-0.3, -0.25) is 9.69 Å². The molecule has 1 unspecified atom stereocenters. The Morgan fingerprint density at radius 2 is 1.74 bits per heavy atom. The molecule has 1 aliphatic rings. The standard InChI is InChI=1S/C20H23FN2O3S/c1-22-12-13-23(15-19(22)16-7-9-17(21)10-8-16)20(24)11-14-27(25,26)18-5-3-2-4-6-18/h2-10,19H,11-15H2,1H3. The van der Waals surface area contributed by atoms with Crippen LogP contribution in [-0.2, 0) is 14.6 Å². The maximum Gasteiger partial charge on any atom is 0.223 e. The highest BCUT2D eigenvalue weighted by Crippen LogP contribution is 2.25. The van der Waals surface area contributed by atoms with Crippen molar-refractivity contribution in [1.29, 1.82) is 0 Å². The molecule has 2 aromatic rings. The largest absolute Gasteiger partial charge is 0.339 e. The van der Waals surface area contributed by atoms with E-state index < -0.39 is 9.84 Å². The number of benzene rings is 2. The molecule has 1 aliphatic heterocycles. The van der Waals surface area contributed by atoms with Crippen molar-refractivity contribution >= 4 is 15.7 Å². The lowest BCUT2D eigenvalue weighted by atomic mass is 10.0. The minimum absolute atomic E-state index is 0.0333. The van der Waals surface area contributed by atoms with Gasteiger partial charge in [0.05, 0.1) is 16.7 Å². The van der Waals surface area contributed by atoms with Gasteiger partial charge in [0.1, 0.15) is 5.82 Å². The Morgan fingerprint density at radius 3 is 2.41 bits per heavy atom. The molecule has 144 valence electrons. The summed E-state index contributed by atoms with van der Waals surface area (Å²) in [4.78, 5) is 16.7. The number of sulfone groups is 1. The van der Waals surface area contributed by atoms with E-state index in [4.69, 9.17) is 0 Å². The molecule has 0 aromatic heterocycles. The van der Waals surface area contributed by atoms with E-state index in [-0.39, 0.29) is 34.8 Å². The lowest BCUT2D eigenvalue weighted by Gasteiger charge is -2.39. The summed E-state index contributed by atoms with van der Waals surface area (Å²) in [5.41, 5.74) is 0.938. The van der Waals surface area contributed by atoms with Crippen LogP contribution < -0.4 is 0 Å². The van der Waals surface area contributed by atoms with Crippen LogP contribution in [0, 0.1) is 5.82 Å². The highest BCUT2D eigenvalue weighted by Gasteiger charge is 2.29. The summed E-state index contributed by atoms with van der Waals surface area (Å²) >= 11 is 0. The number of rotatable bonds is 5. The number of carbonyl (C=O) groups is 1. The minimum Gasteiger partial charge on any atom is -0.339 e. The lowest BCUT2D eigenvalue weighted by Crippen LogP contribution is -2.49. The van der Waals surface area contributed by atoms with Crippen LogP contribution >= 0.6 is 0 Å². The second kappa shape index (κ2) is 8.19. The molecule has 2 aromatic carbocycles. The Kier molecular flexibility index (Phi) is 5.92. The summed E-state index contributed by atoms with van der Waals surface area (Å²) in [6.45, 7) is 1.70. The molecular formula is C20H23FN2O3S. The lowest BCUT2D eigenvalue weighted by molar-refractivity contribution is -0.133. The Balaban J connectivity index is 1.64. The van der Waals surface area contributed by atoms with Crippen LogP contribution in [0.4, 0.5) is 4.39 Å². The first-order chi connectivity index (χ1) is 12.9. The van der Waals surface area contributed by atoms with Crippen molar-refractivity contribution in [2.75, 3.05) is 32.4 Å². The van der Waals surface area contributed by atoms with Gasteiger partial charge >= 0.3 is 0 Å².